The highest BCUT2D eigenvalue weighted by Gasteiger charge is 2.18. The second-order valence-corrected chi connectivity index (χ2v) is 11.7. The fourth-order valence-electron chi connectivity index (χ4n) is 4.31. The molecular formula is C32H58BrO2P. The highest BCUT2D eigenvalue weighted by Crippen LogP contribution is 2.39. The van der Waals surface area contributed by atoms with Crippen molar-refractivity contribution < 1.29 is 9.05 Å². The number of hydrogen-bond donors (Lipinski definition) is 0. The van der Waals surface area contributed by atoms with Gasteiger partial charge in [0, 0.05) is 5.30 Å². The normalized spacial score (nSPS) is 14.5. The van der Waals surface area contributed by atoms with Crippen molar-refractivity contribution in [1.82, 2.24) is 0 Å². The van der Waals surface area contributed by atoms with Gasteiger partial charge in [0.1, 0.15) is 0 Å². The molecule has 1 aliphatic rings. The van der Waals surface area contributed by atoms with Gasteiger partial charge in [-0.3, -0.25) is 0 Å². The molecule has 2 nitrogen and oxygen atoms in total. The first-order chi connectivity index (χ1) is 17.1. The van der Waals surface area contributed by atoms with Crippen molar-refractivity contribution >= 4 is 30.7 Å². The second kappa shape index (κ2) is 25.1. The minimum Gasteiger partial charge on any atom is -0.331 e. The molecule has 1 aromatic carbocycles. The number of halogens is 1. The van der Waals surface area contributed by atoms with Crippen molar-refractivity contribution in [2.75, 3.05) is 13.2 Å². The lowest BCUT2D eigenvalue weighted by atomic mass is 10.1. The molecule has 0 saturated carbocycles. The van der Waals surface area contributed by atoms with E-state index in [-0.39, 0.29) is 17.0 Å². The third kappa shape index (κ3) is 17.3. The molecule has 0 spiro atoms. The van der Waals surface area contributed by atoms with Gasteiger partial charge in [-0.05, 0) is 82.1 Å². The van der Waals surface area contributed by atoms with Gasteiger partial charge in [-0.1, -0.05) is 103 Å². The molecule has 0 saturated heterocycles. The SMILES string of the molecule is Br.C1=CCCCCCCCCC1.CCCCCCOP(OCCCCCC)c1ccc(C)c(C)c1C. The first-order valence-electron chi connectivity index (χ1n) is 14.9. The largest absolute Gasteiger partial charge is 0.331 e. The van der Waals surface area contributed by atoms with Crippen LogP contribution in [0.4, 0.5) is 0 Å². The van der Waals surface area contributed by atoms with Crippen LogP contribution in [0.1, 0.15) is 140 Å². The van der Waals surface area contributed by atoms with Crippen LogP contribution in [-0.4, -0.2) is 13.2 Å². The van der Waals surface area contributed by atoms with Crippen molar-refractivity contribution in [2.45, 2.75) is 144 Å². The van der Waals surface area contributed by atoms with Gasteiger partial charge in [0.2, 0.25) is 8.38 Å². The van der Waals surface area contributed by atoms with E-state index < -0.39 is 8.38 Å². The highest BCUT2D eigenvalue weighted by atomic mass is 79.9. The number of allylic oxidation sites excluding steroid dienone is 2. The van der Waals surface area contributed by atoms with E-state index in [9.17, 15) is 0 Å². The summed E-state index contributed by atoms with van der Waals surface area (Å²) in [4.78, 5) is 0. The lowest BCUT2D eigenvalue weighted by molar-refractivity contribution is 0.247. The summed E-state index contributed by atoms with van der Waals surface area (Å²) in [6.45, 7) is 12.7. The van der Waals surface area contributed by atoms with Crippen LogP contribution in [-0.2, 0) is 9.05 Å². The van der Waals surface area contributed by atoms with Crippen molar-refractivity contribution in [3.05, 3.63) is 41.0 Å². The standard InChI is InChI=1S/C21H37O2P.C11H20.BrH/c1-6-8-10-12-16-22-24(23-17-13-11-9-7-2)21-15-14-18(3)19(4)20(21)5;1-2-4-6-8-10-11-9-7-5-3-1;/h14-15H,6-13,16-17H2,1-5H3;1-2H,3-11H2;1H. The van der Waals surface area contributed by atoms with E-state index in [1.54, 1.807) is 0 Å². The Balaban J connectivity index is 0.000000854. The average molecular weight is 586 g/mol. The Labute approximate surface area is 237 Å². The molecule has 0 bridgehead atoms. The Bertz CT molecular complexity index is 636. The number of aryl methyl sites for hydroxylation is 1. The summed E-state index contributed by atoms with van der Waals surface area (Å²) in [6.07, 6.45) is 27.4. The predicted octanol–water partition coefficient (Wildman–Crippen LogP) is 11.4. The van der Waals surface area contributed by atoms with E-state index in [2.05, 4.69) is 58.9 Å². The van der Waals surface area contributed by atoms with Gasteiger partial charge in [-0.2, -0.15) is 0 Å². The highest BCUT2D eigenvalue weighted by molar-refractivity contribution is 8.93. The minimum absolute atomic E-state index is 0. The van der Waals surface area contributed by atoms with Gasteiger partial charge in [0.05, 0.1) is 13.2 Å². The number of benzene rings is 1. The molecule has 0 amide bonds. The summed E-state index contributed by atoms with van der Waals surface area (Å²) in [5, 5.41) is 1.26. The molecule has 0 heterocycles. The van der Waals surface area contributed by atoms with Crippen LogP contribution < -0.4 is 5.30 Å². The molecule has 4 heteroatoms. The smallest absolute Gasteiger partial charge is 0.205 e. The molecule has 0 aromatic heterocycles. The quantitative estimate of drug-likeness (QED) is 0.130. The predicted molar refractivity (Wildman–Crippen MR) is 168 cm³/mol. The van der Waals surface area contributed by atoms with E-state index in [0.717, 1.165) is 26.1 Å². The summed E-state index contributed by atoms with van der Waals surface area (Å²) in [5.41, 5.74) is 4.05. The van der Waals surface area contributed by atoms with Crippen LogP contribution in [0, 0.1) is 20.8 Å². The fourth-order valence-corrected chi connectivity index (χ4v) is 5.89. The maximum absolute atomic E-state index is 6.20. The van der Waals surface area contributed by atoms with Crippen LogP contribution in [0.15, 0.2) is 24.3 Å². The average Bonchev–Trinajstić information content (AvgIpc) is 2.93. The lowest BCUT2D eigenvalue weighted by Gasteiger charge is -2.21. The number of hydrogen-bond acceptors (Lipinski definition) is 2. The van der Waals surface area contributed by atoms with Crippen molar-refractivity contribution in [3.8, 4) is 0 Å². The third-order valence-electron chi connectivity index (χ3n) is 7.05. The van der Waals surface area contributed by atoms with Crippen LogP contribution in [0.3, 0.4) is 0 Å². The third-order valence-corrected chi connectivity index (χ3v) is 8.76. The van der Waals surface area contributed by atoms with Gasteiger partial charge in [0.15, 0.2) is 0 Å². The molecule has 0 fully saturated rings. The number of rotatable bonds is 13. The van der Waals surface area contributed by atoms with Gasteiger partial charge in [-0.15, -0.1) is 17.0 Å². The Morgan fingerprint density at radius 1 is 0.611 bits per heavy atom. The summed E-state index contributed by atoms with van der Waals surface area (Å²) in [6, 6.07) is 4.41. The van der Waals surface area contributed by atoms with Crippen molar-refractivity contribution in [2.24, 2.45) is 0 Å². The Morgan fingerprint density at radius 2 is 1.08 bits per heavy atom. The van der Waals surface area contributed by atoms with Crippen molar-refractivity contribution in [3.63, 3.8) is 0 Å². The molecule has 0 radical (unpaired) electrons. The van der Waals surface area contributed by atoms with Gasteiger partial charge < -0.3 is 9.05 Å². The Kier molecular flexibility index (Phi) is 24.9. The lowest BCUT2D eigenvalue weighted by Crippen LogP contribution is -2.13. The monoisotopic (exact) mass is 584 g/mol. The van der Waals surface area contributed by atoms with E-state index >= 15 is 0 Å². The molecule has 1 aliphatic carbocycles. The van der Waals surface area contributed by atoms with Crippen molar-refractivity contribution in [1.29, 1.82) is 0 Å². The molecule has 0 atom stereocenters. The van der Waals surface area contributed by atoms with Crippen LogP contribution in [0.5, 0.6) is 0 Å². The molecule has 36 heavy (non-hydrogen) atoms. The first-order valence-corrected chi connectivity index (χ1v) is 16.1. The fraction of sp³-hybridized carbons (Fsp3) is 0.750. The van der Waals surface area contributed by atoms with E-state index in [0.29, 0.717) is 0 Å². The van der Waals surface area contributed by atoms with Gasteiger partial charge in [-0.25, -0.2) is 0 Å². The number of unbranched alkanes of at least 4 members (excludes halogenated alkanes) is 6. The maximum Gasteiger partial charge on any atom is 0.205 e. The molecule has 2 rings (SSSR count). The zero-order valence-corrected chi connectivity index (χ0v) is 27.0. The van der Waals surface area contributed by atoms with Crippen LogP contribution in [0.2, 0.25) is 0 Å². The molecule has 210 valence electrons. The minimum atomic E-state index is -0.947. The topological polar surface area (TPSA) is 18.5 Å². The summed E-state index contributed by atoms with van der Waals surface area (Å²) < 4.78 is 12.4. The van der Waals surface area contributed by atoms with Gasteiger partial charge >= 0.3 is 0 Å². The van der Waals surface area contributed by atoms with Crippen LogP contribution in [0.25, 0.3) is 0 Å². The maximum atomic E-state index is 6.20. The zero-order valence-electron chi connectivity index (χ0n) is 24.4. The molecule has 0 N–H and O–H groups in total. The zero-order chi connectivity index (χ0) is 25.6. The Hall–Kier alpha value is -0.210. The second-order valence-electron chi connectivity index (χ2n) is 10.2. The van der Waals surface area contributed by atoms with E-state index in [1.165, 1.54) is 118 Å². The summed E-state index contributed by atoms with van der Waals surface area (Å²) in [5.74, 6) is 0. The van der Waals surface area contributed by atoms with E-state index in [1.807, 2.05) is 0 Å². The molecule has 1 aromatic rings. The summed E-state index contributed by atoms with van der Waals surface area (Å²) in [7, 11) is -0.947. The van der Waals surface area contributed by atoms with Gasteiger partial charge in [0.25, 0.3) is 0 Å². The van der Waals surface area contributed by atoms with E-state index in [4.69, 9.17) is 9.05 Å². The van der Waals surface area contributed by atoms with Crippen LogP contribution >= 0.6 is 25.4 Å². The first kappa shape index (κ1) is 35.8. The molecule has 0 aliphatic heterocycles. The molecular weight excluding hydrogens is 527 g/mol. The Morgan fingerprint density at radius 3 is 1.56 bits per heavy atom. The molecule has 0 unspecified atom stereocenters. The summed E-state index contributed by atoms with van der Waals surface area (Å²) >= 11 is 0.